The van der Waals surface area contributed by atoms with Gasteiger partial charge >= 0.3 is 0 Å². The molecular formula is C13H21ClN4O3. The zero-order chi connectivity index (χ0) is 15.4. The van der Waals surface area contributed by atoms with Crippen LogP contribution in [0, 0.1) is 0 Å². The van der Waals surface area contributed by atoms with Gasteiger partial charge in [-0.25, -0.2) is 4.68 Å². The molecule has 1 aromatic heterocycles. The third-order valence-corrected chi connectivity index (χ3v) is 4.22. The first-order valence-electron chi connectivity index (χ1n) is 6.98. The Morgan fingerprint density at radius 3 is 3.00 bits per heavy atom. The van der Waals surface area contributed by atoms with E-state index in [0.717, 1.165) is 17.5 Å². The number of hydrogen-bond donors (Lipinski definition) is 2. The molecule has 0 radical (unpaired) electrons. The monoisotopic (exact) mass is 316 g/mol. The molecule has 21 heavy (non-hydrogen) atoms. The third-order valence-electron chi connectivity index (χ3n) is 3.86. The van der Waals surface area contributed by atoms with Crippen LogP contribution in [0.3, 0.4) is 0 Å². The highest BCUT2D eigenvalue weighted by atomic mass is 35.5. The van der Waals surface area contributed by atoms with E-state index in [1.165, 1.54) is 0 Å². The van der Waals surface area contributed by atoms with Crippen LogP contribution >= 0.6 is 11.6 Å². The minimum atomic E-state index is -0.396. The van der Waals surface area contributed by atoms with Crippen molar-refractivity contribution < 1.29 is 9.84 Å². The summed E-state index contributed by atoms with van der Waals surface area (Å²) in [5.41, 5.74) is 6.04. The number of hydrogen-bond acceptors (Lipinski definition) is 6. The smallest absolute Gasteiger partial charge is 0.287 e. The minimum absolute atomic E-state index is 0.0658. The molecular weight excluding hydrogens is 296 g/mol. The predicted octanol–water partition coefficient (Wildman–Crippen LogP) is -0.168. The van der Waals surface area contributed by atoms with Gasteiger partial charge in [0.15, 0.2) is 0 Å². The number of halogens is 1. The highest BCUT2D eigenvalue weighted by Crippen LogP contribution is 2.29. The van der Waals surface area contributed by atoms with Gasteiger partial charge in [0.2, 0.25) is 0 Å². The van der Waals surface area contributed by atoms with Crippen LogP contribution < -0.4 is 16.2 Å². The molecule has 0 aliphatic carbocycles. The number of piperidine rings is 1. The Morgan fingerprint density at radius 1 is 1.62 bits per heavy atom. The third kappa shape index (κ3) is 3.37. The van der Waals surface area contributed by atoms with Crippen molar-refractivity contribution in [2.24, 2.45) is 5.73 Å². The van der Waals surface area contributed by atoms with E-state index in [0.29, 0.717) is 18.8 Å². The van der Waals surface area contributed by atoms with Crippen molar-refractivity contribution in [1.29, 1.82) is 0 Å². The first-order valence-corrected chi connectivity index (χ1v) is 7.36. The van der Waals surface area contributed by atoms with E-state index >= 15 is 0 Å². The lowest BCUT2D eigenvalue weighted by Gasteiger charge is -2.40. The van der Waals surface area contributed by atoms with E-state index in [1.807, 2.05) is 4.90 Å². The molecule has 8 heteroatoms. The average molecular weight is 317 g/mol. The Bertz CT molecular complexity index is 537. The highest BCUT2D eigenvalue weighted by molar-refractivity contribution is 6.33. The summed E-state index contributed by atoms with van der Waals surface area (Å²) < 4.78 is 6.55. The molecule has 1 aromatic rings. The van der Waals surface area contributed by atoms with Crippen LogP contribution in [0.1, 0.15) is 12.8 Å². The fraction of sp³-hybridized carbons (Fsp3) is 0.692. The summed E-state index contributed by atoms with van der Waals surface area (Å²) in [7, 11) is 1.69. The number of anilines is 1. The van der Waals surface area contributed by atoms with Crippen molar-refractivity contribution in [2.45, 2.75) is 31.5 Å². The second-order valence-electron chi connectivity index (χ2n) is 5.06. The van der Waals surface area contributed by atoms with Crippen molar-refractivity contribution in [1.82, 2.24) is 9.78 Å². The van der Waals surface area contributed by atoms with E-state index in [9.17, 15) is 4.79 Å². The van der Waals surface area contributed by atoms with Crippen LogP contribution in [0.5, 0.6) is 0 Å². The lowest BCUT2D eigenvalue weighted by atomic mass is 9.99. The number of methoxy groups -OCH3 is 1. The first kappa shape index (κ1) is 16.2. The summed E-state index contributed by atoms with van der Waals surface area (Å²) in [6, 6.07) is 0.0658. The predicted molar refractivity (Wildman–Crippen MR) is 80.8 cm³/mol. The molecule has 0 bridgehead atoms. The molecule has 118 valence electrons. The fourth-order valence-electron chi connectivity index (χ4n) is 2.68. The molecule has 3 N–H and O–H groups in total. The summed E-state index contributed by atoms with van der Waals surface area (Å²) >= 11 is 6.19. The number of nitrogens with two attached hydrogens (primary N) is 1. The van der Waals surface area contributed by atoms with E-state index < -0.39 is 5.56 Å². The van der Waals surface area contributed by atoms with E-state index in [-0.39, 0.29) is 30.3 Å². The molecule has 0 amide bonds. The van der Waals surface area contributed by atoms with Gasteiger partial charge < -0.3 is 20.5 Å². The topological polar surface area (TPSA) is 93.6 Å². The maximum absolute atomic E-state index is 12.1. The second kappa shape index (κ2) is 7.22. The van der Waals surface area contributed by atoms with Gasteiger partial charge in [-0.3, -0.25) is 4.79 Å². The molecule has 2 heterocycles. The van der Waals surface area contributed by atoms with Crippen LogP contribution in [0.15, 0.2) is 11.0 Å². The van der Waals surface area contributed by atoms with Crippen molar-refractivity contribution >= 4 is 17.3 Å². The van der Waals surface area contributed by atoms with Gasteiger partial charge in [-0.2, -0.15) is 5.10 Å². The van der Waals surface area contributed by atoms with Crippen LogP contribution in [-0.4, -0.2) is 53.8 Å². The SMILES string of the molecule is COC1CCN(c2cnn(CCO)c(=O)c2Cl)C(CN)C1. The lowest BCUT2D eigenvalue weighted by Crippen LogP contribution is -2.49. The quantitative estimate of drug-likeness (QED) is 0.783. The van der Waals surface area contributed by atoms with Crippen molar-refractivity contribution in [3.05, 3.63) is 21.6 Å². The summed E-state index contributed by atoms with van der Waals surface area (Å²) in [4.78, 5) is 14.1. The Morgan fingerprint density at radius 2 is 2.38 bits per heavy atom. The van der Waals surface area contributed by atoms with E-state index in [2.05, 4.69) is 5.10 Å². The molecule has 2 unspecified atom stereocenters. The normalized spacial score (nSPS) is 22.6. The molecule has 0 aromatic carbocycles. The Labute approximate surface area is 128 Å². The molecule has 7 nitrogen and oxygen atoms in total. The number of aliphatic hydroxyl groups excluding tert-OH is 1. The zero-order valence-corrected chi connectivity index (χ0v) is 12.8. The van der Waals surface area contributed by atoms with E-state index in [4.69, 9.17) is 27.2 Å². The number of aliphatic hydroxyl groups is 1. The zero-order valence-electron chi connectivity index (χ0n) is 12.0. The van der Waals surface area contributed by atoms with Gasteiger partial charge in [-0.1, -0.05) is 11.6 Å². The molecule has 1 saturated heterocycles. The molecule has 0 saturated carbocycles. The second-order valence-corrected chi connectivity index (χ2v) is 5.44. The van der Waals surface area contributed by atoms with Crippen molar-refractivity contribution in [3.63, 3.8) is 0 Å². The summed E-state index contributed by atoms with van der Waals surface area (Å²) in [6.45, 7) is 1.14. The summed E-state index contributed by atoms with van der Waals surface area (Å²) in [5, 5.41) is 13.1. The van der Waals surface area contributed by atoms with Gasteiger partial charge in [-0.05, 0) is 12.8 Å². The maximum Gasteiger partial charge on any atom is 0.287 e. The molecule has 2 atom stereocenters. The molecule has 0 spiro atoms. The fourth-order valence-corrected chi connectivity index (χ4v) is 2.93. The molecule has 2 rings (SSSR count). The minimum Gasteiger partial charge on any atom is -0.394 e. The van der Waals surface area contributed by atoms with Gasteiger partial charge in [0.1, 0.15) is 5.02 Å². The van der Waals surface area contributed by atoms with Crippen LogP contribution in [-0.2, 0) is 11.3 Å². The van der Waals surface area contributed by atoms with Crippen molar-refractivity contribution in [3.8, 4) is 0 Å². The lowest BCUT2D eigenvalue weighted by molar-refractivity contribution is 0.0709. The van der Waals surface area contributed by atoms with Gasteiger partial charge in [-0.15, -0.1) is 0 Å². The summed E-state index contributed by atoms with van der Waals surface area (Å²) in [6.07, 6.45) is 3.39. The number of nitrogens with zero attached hydrogens (tertiary/aromatic N) is 3. The maximum atomic E-state index is 12.1. The number of ether oxygens (including phenoxy) is 1. The van der Waals surface area contributed by atoms with Gasteiger partial charge in [0, 0.05) is 26.2 Å². The van der Waals surface area contributed by atoms with Crippen LogP contribution in [0.25, 0.3) is 0 Å². The molecule has 1 fully saturated rings. The standard InChI is InChI=1S/C13H21ClN4O3/c1-21-10-2-3-17(9(6-10)7-15)11-8-16-18(4-5-19)13(20)12(11)14/h8-10,19H,2-7,15H2,1H3. The van der Waals surface area contributed by atoms with Gasteiger partial charge in [0.05, 0.1) is 31.1 Å². The van der Waals surface area contributed by atoms with Crippen molar-refractivity contribution in [2.75, 3.05) is 31.7 Å². The Kier molecular flexibility index (Phi) is 5.58. The Hall–Kier alpha value is -1.15. The first-order chi connectivity index (χ1) is 10.1. The number of rotatable bonds is 5. The van der Waals surface area contributed by atoms with Crippen LogP contribution in [0.4, 0.5) is 5.69 Å². The molecule has 1 aliphatic heterocycles. The highest BCUT2D eigenvalue weighted by Gasteiger charge is 2.29. The largest absolute Gasteiger partial charge is 0.394 e. The van der Waals surface area contributed by atoms with Crippen LogP contribution in [0.2, 0.25) is 5.02 Å². The van der Waals surface area contributed by atoms with Gasteiger partial charge in [0.25, 0.3) is 5.56 Å². The van der Waals surface area contributed by atoms with E-state index in [1.54, 1.807) is 13.3 Å². The Balaban J connectivity index is 2.29. The summed E-state index contributed by atoms with van der Waals surface area (Å²) in [5.74, 6) is 0. The average Bonchev–Trinajstić information content (AvgIpc) is 2.52. The number of aromatic nitrogens is 2. The molecule has 1 aliphatic rings.